The molecule has 0 aromatic carbocycles. The number of ether oxygens (including phenoxy) is 2. The van der Waals surface area contributed by atoms with Gasteiger partial charge < -0.3 is 9.47 Å². The minimum absolute atomic E-state index is 0.0535. The monoisotopic (exact) mass is 398 g/mol. The summed E-state index contributed by atoms with van der Waals surface area (Å²) in [7, 11) is 0. The van der Waals surface area contributed by atoms with Gasteiger partial charge >= 0.3 is 18.5 Å². The van der Waals surface area contributed by atoms with E-state index in [9.17, 15) is 31.1 Å². The van der Waals surface area contributed by atoms with Crippen molar-refractivity contribution in [2.24, 2.45) is 0 Å². The quantitative estimate of drug-likeness (QED) is 0.579. The molecule has 2 heterocycles. The van der Waals surface area contributed by atoms with Crippen LogP contribution in [0, 0.1) is 6.92 Å². The van der Waals surface area contributed by atoms with Crippen LogP contribution in [0.5, 0.6) is 5.75 Å². The van der Waals surface area contributed by atoms with Gasteiger partial charge in [-0.15, -0.1) is 0 Å². The van der Waals surface area contributed by atoms with Crippen molar-refractivity contribution in [3.8, 4) is 5.75 Å². The molecular weight excluding hydrogens is 386 g/mol. The van der Waals surface area contributed by atoms with Gasteiger partial charge in [0.15, 0.2) is 11.4 Å². The van der Waals surface area contributed by atoms with Gasteiger partial charge in [-0.25, -0.2) is 14.8 Å². The fraction of sp³-hybridized carbons (Fsp3) is 0.429. The highest BCUT2D eigenvalue weighted by Gasteiger charge is 2.42. The second-order valence-electron chi connectivity index (χ2n) is 5.09. The number of carbonyl (C=O) groups is 1. The van der Waals surface area contributed by atoms with Crippen molar-refractivity contribution < 1.29 is 40.6 Å². The Hall–Kier alpha value is -2.86. The average Bonchev–Trinajstić information content (AvgIpc) is 2.94. The highest BCUT2D eigenvalue weighted by Crippen LogP contribution is 2.35. The van der Waals surface area contributed by atoms with Crippen molar-refractivity contribution in [3.63, 3.8) is 0 Å². The average molecular weight is 398 g/mol. The van der Waals surface area contributed by atoms with Crippen molar-refractivity contribution >= 4 is 6.16 Å². The van der Waals surface area contributed by atoms with Gasteiger partial charge in [0.2, 0.25) is 0 Å². The molecule has 0 N–H and O–H groups in total. The number of hydrogen-bond donors (Lipinski definition) is 0. The fourth-order valence-electron chi connectivity index (χ4n) is 1.96. The molecule has 2 aromatic heterocycles. The zero-order valence-electron chi connectivity index (χ0n) is 13.9. The van der Waals surface area contributed by atoms with E-state index in [1.807, 2.05) is 0 Å². The number of carbonyl (C=O) groups excluding carboxylic acids is 1. The topological polar surface area (TPSA) is 79.1 Å². The molecule has 0 radical (unpaired) electrons. The lowest BCUT2D eigenvalue weighted by atomic mass is 10.3. The predicted octanol–water partition coefficient (Wildman–Crippen LogP) is 3.60. The second-order valence-corrected chi connectivity index (χ2v) is 5.09. The van der Waals surface area contributed by atoms with Crippen molar-refractivity contribution in [1.82, 2.24) is 19.7 Å². The normalized spacial score (nSPS) is 12.1. The highest BCUT2D eigenvalue weighted by molar-refractivity contribution is 5.63. The maximum Gasteiger partial charge on any atom is 0.513 e. The van der Waals surface area contributed by atoms with Gasteiger partial charge in [-0.3, -0.25) is 4.68 Å². The molecule has 7 nitrogen and oxygen atoms in total. The zero-order chi connectivity index (χ0) is 20.4. The SMILES string of the molecule is CCOC(=O)Oc1cnc(Cn2nc(C(F)(F)F)cc2C(F)(F)F)nc1C. The van der Waals surface area contributed by atoms with E-state index in [1.54, 1.807) is 6.92 Å². The molecule has 0 aliphatic rings. The van der Waals surface area contributed by atoms with E-state index in [4.69, 9.17) is 4.74 Å². The third kappa shape index (κ3) is 5.08. The van der Waals surface area contributed by atoms with E-state index in [0.29, 0.717) is 0 Å². The molecule has 13 heteroatoms. The van der Waals surface area contributed by atoms with Crippen molar-refractivity contribution in [3.05, 3.63) is 35.2 Å². The molecule has 0 amide bonds. The summed E-state index contributed by atoms with van der Waals surface area (Å²) in [6.45, 7) is 2.20. The van der Waals surface area contributed by atoms with Gasteiger partial charge in [0, 0.05) is 6.07 Å². The zero-order valence-corrected chi connectivity index (χ0v) is 13.9. The molecule has 2 aromatic rings. The first-order valence-electron chi connectivity index (χ1n) is 7.31. The number of rotatable bonds is 4. The van der Waals surface area contributed by atoms with Crippen LogP contribution in [0.3, 0.4) is 0 Å². The second kappa shape index (κ2) is 7.40. The molecule has 2 rings (SSSR count). The van der Waals surface area contributed by atoms with Gasteiger partial charge in [0.25, 0.3) is 0 Å². The molecule has 0 unspecified atom stereocenters. The molecule has 0 aliphatic carbocycles. The third-order valence-corrected chi connectivity index (χ3v) is 3.09. The smallest absolute Gasteiger partial charge is 0.434 e. The summed E-state index contributed by atoms with van der Waals surface area (Å²) in [4.78, 5) is 18.8. The maximum atomic E-state index is 13.0. The van der Waals surface area contributed by atoms with Crippen LogP contribution in [0.2, 0.25) is 0 Å². The minimum atomic E-state index is -5.06. The Labute approximate surface area is 147 Å². The number of hydrogen-bond acceptors (Lipinski definition) is 6. The lowest BCUT2D eigenvalue weighted by Crippen LogP contribution is -2.17. The van der Waals surface area contributed by atoms with Gasteiger partial charge in [0.1, 0.15) is 18.1 Å². The molecule has 0 bridgehead atoms. The third-order valence-electron chi connectivity index (χ3n) is 3.09. The minimum Gasteiger partial charge on any atom is -0.434 e. The molecule has 0 saturated heterocycles. The van der Waals surface area contributed by atoms with Crippen LogP contribution in [0.4, 0.5) is 31.1 Å². The fourth-order valence-corrected chi connectivity index (χ4v) is 1.96. The van der Waals surface area contributed by atoms with Crippen molar-refractivity contribution in [1.29, 1.82) is 0 Å². The summed E-state index contributed by atoms with van der Waals surface area (Å²) < 4.78 is 86.4. The summed E-state index contributed by atoms with van der Waals surface area (Å²) in [6, 6.07) is -0.0922. The summed E-state index contributed by atoms with van der Waals surface area (Å²) in [5.74, 6) is -0.365. The first-order chi connectivity index (χ1) is 12.4. The van der Waals surface area contributed by atoms with Crippen LogP contribution < -0.4 is 4.74 Å². The number of aryl methyl sites for hydroxylation is 1. The molecule has 0 fully saturated rings. The first-order valence-corrected chi connectivity index (χ1v) is 7.31. The van der Waals surface area contributed by atoms with Crippen LogP contribution in [0.15, 0.2) is 12.3 Å². The van der Waals surface area contributed by atoms with Crippen LogP contribution >= 0.6 is 0 Å². The van der Waals surface area contributed by atoms with Crippen LogP contribution in [0.1, 0.15) is 29.8 Å². The van der Waals surface area contributed by atoms with Gasteiger partial charge in [0.05, 0.1) is 18.5 Å². The Bertz CT molecular complexity index is 831. The van der Waals surface area contributed by atoms with Crippen LogP contribution in [0.25, 0.3) is 0 Å². The molecular formula is C14H12F6N4O3. The van der Waals surface area contributed by atoms with Gasteiger partial charge in [-0.1, -0.05) is 0 Å². The summed E-state index contributed by atoms with van der Waals surface area (Å²) >= 11 is 0. The molecule has 0 saturated carbocycles. The predicted molar refractivity (Wildman–Crippen MR) is 75.8 cm³/mol. The van der Waals surface area contributed by atoms with Crippen LogP contribution in [-0.4, -0.2) is 32.5 Å². The van der Waals surface area contributed by atoms with Gasteiger partial charge in [-0.2, -0.15) is 31.4 Å². The van der Waals surface area contributed by atoms with Crippen molar-refractivity contribution in [2.75, 3.05) is 6.61 Å². The molecule has 0 aliphatic heterocycles. The molecule has 0 atom stereocenters. The number of nitrogens with zero attached hydrogens (tertiary/aromatic N) is 4. The molecule has 148 valence electrons. The highest BCUT2D eigenvalue weighted by atomic mass is 19.4. The molecule has 0 spiro atoms. The Kier molecular flexibility index (Phi) is 5.61. The number of aromatic nitrogens is 4. The van der Waals surface area contributed by atoms with E-state index >= 15 is 0 Å². The van der Waals surface area contributed by atoms with Gasteiger partial charge in [-0.05, 0) is 13.8 Å². The van der Waals surface area contributed by atoms with E-state index in [-0.39, 0.29) is 34.6 Å². The summed E-state index contributed by atoms with van der Waals surface area (Å²) in [5.41, 5.74) is -3.21. The van der Waals surface area contributed by atoms with E-state index < -0.39 is 36.4 Å². The standard InChI is InChI=1S/C14H12F6N4O3/c1-3-26-12(25)27-8-5-21-11(22-7(8)2)6-24-10(14(18,19)20)4-9(23-24)13(15,16)17/h4-5H,3,6H2,1-2H3. The summed E-state index contributed by atoms with van der Waals surface area (Å²) in [6.07, 6.45) is -10.1. The lowest BCUT2D eigenvalue weighted by Gasteiger charge is -2.11. The molecule has 27 heavy (non-hydrogen) atoms. The Morgan fingerprint density at radius 1 is 1.19 bits per heavy atom. The lowest BCUT2D eigenvalue weighted by molar-refractivity contribution is -0.144. The maximum absolute atomic E-state index is 13.0. The summed E-state index contributed by atoms with van der Waals surface area (Å²) in [5, 5.41) is 2.95. The van der Waals surface area contributed by atoms with E-state index in [2.05, 4.69) is 19.8 Å². The van der Waals surface area contributed by atoms with E-state index in [1.165, 1.54) is 6.92 Å². The Morgan fingerprint density at radius 3 is 2.37 bits per heavy atom. The Morgan fingerprint density at radius 2 is 1.85 bits per heavy atom. The van der Waals surface area contributed by atoms with Crippen LogP contribution in [-0.2, 0) is 23.6 Å². The van der Waals surface area contributed by atoms with Crippen molar-refractivity contribution in [2.45, 2.75) is 32.7 Å². The first kappa shape index (κ1) is 20.5. The van der Waals surface area contributed by atoms with E-state index in [0.717, 1.165) is 6.20 Å². The Balaban J connectivity index is 2.30. The largest absolute Gasteiger partial charge is 0.513 e. The number of alkyl halides is 6. The number of halogens is 6.